The summed E-state index contributed by atoms with van der Waals surface area (Å²) < 4.78 is 7.80. The van der Waals surface area contributed by atoms with E-state index in [-0.39, 0.29) is 18.2 Å². The summed E-state index contributed by atoms with van der Waals surface area (Å²) in [6.07, 6.45) is 1.79. The molecule has 0 aromatic heterocycles. The zero-order valence-electron chi connectivity index (χ0n) is 15.2. The Labute approximate surface area is 159 Å². The molecule has 1 fully saturated rings. The Morgan fingerprint density at radius 3 is 2.69 bits per heavy atom. The zero-order chi connectivity index (χ0) is 18.1. The van der Waals surface area contributed by atoms with Crippen molar-refractivity contribution in [1.82, 2.24) is 4.31 Å². The second-order valence-electron chi connectivity index (χ2n) is 6.88. The summed E-state index contributed by atoms with van der Waals surface area (Å²) in [6, 6.07) is 17.2. The Hall–Kier alpha value is -1.98. The van der Waals surface area contributed by atoms with Gasteiger partial charge in [0.15, 0.2) is 0 Å². The number of ether oxygens (including phenoxy) is 1. The Balaban J connectivity index is 1.52. The van der Waals surface area contributed by atoms with Crippen molar-refractivity contribution in [2.24, 2.45) is 0 Å². The first-order chi connectivity index (χ1) is 12.7. The smallest absolute Gasteiger partial charge is 0.414 e. The fourth-order valence-corrected chi connectivity index (χ4v) is 4.81. The van der Waals surface area contributed by atoms with Gasteiger partial charge in [-0.05, 0) is 55.5 Å². The highest BCUT2D eigenvalue weighted by Gasteiger charge is 2.41. The second kappa shape index (κ2) is 7.33. The summed E-state index contributed by atoms with van der Waals surface area (Å²) in [6.45, 7) is 5.70. The van der Waals surface area contributed by atoms with Gasteiger partial charge in [0.05, 0.1) is 11.7 Å². The van der Waals surface area contributed by atoms with E-state index >= 15 is 0 Å². The van der Waals surface area contributed by atoms with Crippen LogP contribution in [-0.2, 0) is 17.8 Å². The predicted octanol–water partition coefficient (Wildman–Crippen LogP) is 4.88. The lowest BCUT2D eigenvalue weighted by Gasteiger charge is -2.36. The molecule has 4 rings (SSSR count). The summed E-state index contributed by atoms with van der Waals surface area (Å²) in [7, 11) is 0. The highest BCUT2D eigenvalue weighted by atomic mass is 32.2. The van der Waals surface area contributed by atoms with Crippen molar-refractivity contribution in [1.29, 1.82) is 0 Å². The number of fused-ring (bicyclic) bond motifs is 1. The molecule has 2 aromatic carbocycles. The minimum atomic E-state index is -0.223. The summed E-state index contributed by atoms with van der Waals surface area (Å²) in [5, 5.41) is 0. The lowest BCUT2D eigenvalue weighted by Crippen LogP contribution is -2.48. The van der Waals surface area contributed by atoms with Crippen molar-refractivity contribution in [2.45, 2.75) is 50.3 Å². The number of hydrogen-bond donors (Lipinski definition) is 0. The van der Waals surface area contributed by atoms with Crippen molar-refractivity contribution in [2.75, 3.05) is 11.4 Å². The molecule has 0 saturated carbocycles. The number of carbonyl (C=O) groups excluding carboxylic acids is 1. The van der Waals surface area contributed by atoms with Crippen LogP contribution in [-0.4, -0.2) is 29.0 Å². The fraction of sp³-hybridized carbons (Fsp3) is 0.381. The molecule has 5 heteroatoms. The molecule has 2 atom stereocenters. The molecular weight excluding hydrogens is 344 g/mol. The normalized spacial score (nSPS) is 23.0. The lowest BCUT2D eigenvalue weighted by molar-refractivity contribution is 0.138. The molecule has 0 bridgehead atoms. The molecule has 2 aromatic rings. The van der Waals surface area contributed by atoms with E-state index in [4.69, 9.17) is 4.74 Å². The van der Waals surface area contributed by atoms with Crippen LogP contribution in [0.4, 0.5) is 10.5 Å². The summed E-state index contributed by atoms with van der Waals surface area (Å²) in [5.41, 5.74) is 3.44. The predicted molar refractivity (Wildman–Crippen MR) is 105 cm³/mol. The minimum Gasteiger partial charge on any atom is -0.444 e. The van der Waals surface area contributed by atoms with Gasteiger partial charge in [0.25, 0.3) is 0 Å². The largest absolute Gasteiger partial charge is 0.444 e. The maximum atomic E-state index is 12.5. The van der Waals surface area contributed by atoms with Crippen LogP contribution in [0, 0.1) is 0 Å². The van der Waals surface area contributed by atoms with E-state index in [0.29, 0.717) is 6.61 Å². The van der Waals surface area contributed by atoms with E-state index in [9.17, 15) is 4.79 Å². The van der Waals surface area contributed by atoms with Crippen molar-refractivity contribution in [3.8, 4) is 0 Å². The van der Waals surface area contributed by atoms with Crippen molar-refractivity contribution in [3.63, 3.8) is 0 Å². The Bertz CT molecular complexity index is 793. The molecule has 1 saturated heterocycles. The number of anilines is 1. The number of amides is 1. The molecule has 0 spiro atoms. The van der Waals surface area contributed by atoms with Crippen LogP contribution in [0.5, 0.6) is 0 Å². The van der Waals surface area contributed by atoms with Gasteiger partial charge in [0, 0.05) is 23.0 Å². The SMILES string of the molecule is CCc1ccc(SN2CCC(N3C(=O)OCc4ccccc43)C2C)cc1. The van der Waals surface area contributed by atoms with Crippen LogP contribution in [0.1, 0.15) is 31.4 Å². The van der Waals surface area contributed by atoms with E-state index in [1.807, 2.05) is 29.2 Å². The molecule has 2 aliphatic rings. The van der Waals surface area contributed by atoms with E-state index in [1.165, 1.54) is 10.5 Å². The summed E-state index contributed by atoms with van der Waals surface area (Å²) in [5.74, 6) is 0. The third-order valence-electron chi connectivity index (χ3n) is 5.34. The van der Waals surface area contributed by atoms with Crippen molar-refractivity contribution >= 4 is 23.7 Å². The third kappa shape index (κ3) is 3.21. The zero-order valence-corrected chi connectivity index (χ0v) is 16.0. The molecule has 1 amide bonds. The number of carbonyl (C=O) groups is 1. The van der Waals surface area contributed by atoms with E-state index in [1.54, 1.807) is 11.9 Å². The van der Waals surface area contributed by atoms with Crippen LogP contribution in [0.15, 0.2) is 53.4 Å². The Morgan fingerprint density at radius 2 is 1.92 bits per heavy atom. The molecule has 2 unspecified atom stereocenters. The number of hydrogen-bond acceptors (Lipinski definition) is 4. The number of rotatable bonds is 4. The fourth-order valence-electron chi connectivity index (χ4n) is 3.78. The molecule has 0 radical (unpaired) electrons. The molecule has 26 heavy (non-hydrogen) atoms. The quantitative estimate of drug-likeness (QED) is 0.721. The molecule has 2 aliphatic heterocycles. The van der Waals surface area contributed by atoms with Crippen molar-refractivity contribution < 1.29 is 9.53 Å². The number of cyclic esters (lactones) is 1. The molecule has 4 nitrogen and oxygen atoms in total. The first-order valence-electron chi connectivity index (χ1n) is 9.25. The number of aryl methyl sites for hydroxylation is 1. The van der Waals surface area contributed by atoms with Crippen molar-refractivity contribution in [3.05, 3.63) is 59.7 Å². The number of para-hydroxylation sites is 1. The summed E-state index contributed by atoms with van der Waals surface area (Å²) >= 11 is 1.78. The van der Waals surface area contributed by atoms with E-state index in [2.05, 4.69) is 42.4 Å². The maximum absolute atomic E-state index is 12.5. The Morgan fingerprint density at radius 1 is 1.15 bits per heavy atom. The van der Waals surface area contributed by atoms with Crippen LogP contribution < -0.4 is 4.90 Å². The maximum Gasteiger partial charge on any atom is 0.414 e. The van der Waals surface area contributed by atoms with Crippen LogP contribution in [0.3, 0.4) is 0 Å². The van der Waals surface area contributed by atoms with E-state index in [0.717, 1.165) is 30.6 Å². The first kappa shape index (κ1) is 17.4. The van der Waals surface area contributed by atoms with Gasteiger partial charge in [-0.25, -0.2) is 9.10 Å². The van der Waals surface area contributed by atoms with Gasteiger partial charge >= 0.3 is 6.09 Å². The molecule has 2 heterocycles. The highest BCUT2D eigenvalue weighted by Crippen LogP contribution is 2.37. The molecule has 136 valence electrons. The average Bonchev–Trinajstić information content (AvgIpc) is 3.02. The molecule has 0 N–H and O–H groups in total. The van der Waals surface area contributed by atoms with Gasteiger partial charge in [-0.3, -0.25) is 4.90 Å². The topological polar surface area (TPSA) is 32.8 Å². The van der Waals surface area contributed by atoms with Gasteiger partial charge in [-0.2, -0.15) is 0 Å². The number of nitrogens with zero attached hydrogens (tertiary/aromatic N) is 2. The standard InChI is InChI=1S/C21H24N2O2S/c1-3-16-8-10-18(11-9-16)26-22-13-12-19(15(22)2)23-20-7-5-4-6-17(20)14-25-21(23)24/h4-11,15,19H,3,12-14H2,1-2H3. The van der Waals surface area contributed by atoms with Gasteiger partial charge in [0.2, 0.25) is 0 Å². The highest BCUT2D eigenvalue weighted by molar-refractivity contribution is 7.97. The monoisotopic (exact) mass is 368 g/mol. The average molecular weight is 369 g/mol. The van der Waals surface area contributed by atoms with Gasteiger partial charge in [-0.15, -0.1) is 0 Å². The van der Waals surface area contributed by atoms with Crippen LogP contribution in [0.25, 0.3) is 0 Å². The van der Waals surface area contributed by atoms with Crippen LogP contribution in [0.2, 0.25) is 0 Å². The van der Waals surface area contributed by atoms with E-state index < -0.39 is 0 Å². The van der Waals surface area contributed by atoms with Gasteiger partial charge in [-0.1, -0.05) is 37.3 Å². The number of benzene rings is 2. The third-order valence-corrected chi connectivity index (χ3v) is 6.57. The Kier molecular flexibility index (Phi) is 4.92. The first-order valence-corrected chi connectivity index (χ1v) is 10.0. The van der Waals surface area contributed by atoms with Crippen LogP contribution >= 0.6 is 11.9 Å². The minimum absolute atomic E-state index is 0.131. The molecular formula is C21H24N2O2S. The lowest BCUT2D eigenvalue weighted by atomic mass is 10.1. The van der Waals surface area contributed by atoms with Gasteiger partial charge in [0.1, 0.15) is 6.61 Å². The molecule has 0 aliphatic carbocycles. The second-order valence-corrected chi connectivity index (χ2v) is 8.00. The summed E-state index contributed by atoms with van der Waals surface area (Å²) in [4.78, 5) is 15.6. The van der Waals surface area contributed by atoms with Gasteiger partial charge < -0.3 is 4.74 Å².